The minimum absolute atomic E-state index is 0.000181. The Labute approximate surface area is 135 Å². The molecular formula is C14H23N3O3S2. The average molecular weight is 345 g/mol. The van der Waals surface area contributed by atoms with E-state index in [2.05, 4.69) is 21.5 Å². The van der Waals surface area contributed by atoms with Crippen LogP contribution < -0.4 is 4.72 Å². The molecule has 3 rings (SSSR count). The molecule has 0 aromatic carbocycles. The largest absolute Gasteiger partial charge is 0.372 e. The van der Waals surface area contributed by atoms with Crippen LogP contribution in [-0.4, -0.2) is 56.4 Å². The van der Waals surface area contributed by atoms with Crippen molar-refractivity contribution in [3.8, 4) is 0 Å². The molecule has 1 unspecified atom stereocenters. The van der Waals surface area contributed by atoms with Crippen LogP contribution in [0.5, 0.6) is 0 Å². The molecule has 1 atom stereocenters. The van der Waals surface area contributed by atoms with Crippen molar-refractivity contribution >= 4 is 21.4 Å². The molecule has 124 valence electrons. The molecule has 22 heavy (non-hydrogen) atoms. The van der Waals surface area contributed by atoms with Crippen LogP contribution in [0, 0.1) is 12.8 Å². The number of hydrogen-bond acceptors (Lipinski definition) is 6. The molecule has 2 aliphatic rings. The lowest BCUT2D eigenvalue weighted by atomic mass is 9.83. The molecule has 1 N–H and O–H groups in total. The van der Waals surface area contributed by atoms with Gasteiger partial charge in [0.25, 0.3) is 0 Å². The van der Waals surface area contributed by atoms with Crippen molar-refractivity contribution in [2.75, 3.05) is 32.5 Å². The Morgan fingerprint density at radius 1 is 1.55 bits per heavy atom. The maximum atomic E-state index is 11.1. The van der Waals surface area contributed by atoms with Crippen LogP contribution in [0.1, 0.15) is 23.4 Å². The van der Waals surface area contributed by atoms with Crippen molar-refractivity contribution in [2.45, 2.75) is 31.9 Å². The summed E-state index contributed by atoms with van der Waals surface area (Å²) in [6.07, 6.45) is 3.24. The minimum Gasteiger partial charge on any atom is -0.372 e. The van der Waals surface area contributed by atoms with E-state index in [1.165, 1.54) is 11.1 Å². The summed E-state index contributed by atoms with van der Waals surface area (Å²) in [4.78, 5) is 8.02. The van der Waals surface area contributed by atoms with Crippen LogP contribution in [0.4, 0.5) is 0 Å². The van der Waals surface area contributed by atoms with Crippen molar-refractivity contribution in [3.63, 3.8) is 0 Å². The van der Waals surface area contributed by atoms with Gasteiger partial charge in [-0.1, -0.05) is 0 Å². The minimum atomic E-state index is -3.10. The second-order valence-corrected chi connectivity index (χ2v) is 9.30. The molecule has 0 radical (unpaired) electrons. The van der Waals surface area contributed by atoms with E-state index >= 15 is 0 Å². The Morgan fingerprint density at radius 3 is 2.86 bits per heavy atom. The lowest BCUT2D eigenvalue weighted by Gasteiger charge is -2.52. The number of aryl methyl sites for hydroxylation is 1. The molecule has 2 aliphatic heterocycles. The van der Waals surface area contributed by atoms with Crippen molar-refractivity contribution < 1.29 is 13.2 Å². The van der Waals surface area contributed by atoms with Gasteiger partial charge in [0.15, 0.2) is 0 Å². The highest BCUT2D eigenvalue weighted by Gasteiger charge is 2.46. The summed E-state index contributed by atoms with van der Waals surface area (Å²) < 4.78 is 30.9. The number of thiazole rings is 1. The number of aromatic nitrogens is 1. The monoisotopic (exact) mass is 345 g/mol. The van der Waals surface area contributed by atoms with E-state index in [0.29, 0.717) is 13.2 Å². The fraction of sp³-hybridized carbons (Fsp3) is 0.786. The van der Waals surface area contributed by atoms with Gasteiger partial charge in [-0.3, -0.25) is 4.90 Å². The SMILES string of the molecule is Cc1ncsc1CN1CC2(CCC(CNS(C)(=O)=O)CO2)C1. The quantitative estimate of drug-likeness (QED) is 0.861. The van der Waals surface area contributed by atoms with Crippen molar-refractivity contribution in [1.82, 2.24) is 14.6 Å². The lowest BCUT2D eigenvalue weighted by Crippen LogP contribution is -2.64. The molecule has 1 spiro atoms. The summed E-state index contributed by atoms with van der Waals surface area (Å²) in [6, 6.07) is 0. The molecule has 0 amide bonds. The van der Waals surface area contributed by atoms with Crippen LogP contribution in [0.15, 0.2) is 5.51 Å². The first-order valence-corrected chi connectivity index (χ1v) is 10.3. The summed E-state index contributed by atoms with van der Waals surface area (Å²) in [5.41, 5.74) is 3.03. The Morgan fingerprint density at radius 2 is 2.32 bits per heavy atom. The van der Waals surface area contributed by atoms with Crippen LogP contribution >= 0.6 is 11.3 Å². The fourth-order valence-corrected chi connectivity index (χ4v) is 4.52. The van der Waals surface area contributed by atoms with Crippen molar-refractivity contribution in [2.24, 2.45) is 5.92 Å². The van der Waals surface area contributed by atoms with E-state index in [9.17, 15) is 8.42 Å². The smallest absolute Gasteiger partial charge is 0.208 e. The van der Waals surface area contributed by atoms with Crippen LogP contribution in [0.25, 0.3) is 0 Å². The van der Waals surface area contributed by atoms with Crippen molar-refractivity contribution in [1.29, 1.82) is 0 Å². The van der Waals surface area contributed by atoms with Gasteiger partial charge in [-0.05, 0) is 25.7 Å². The number of rotatable bonds is 5. The highest BCUT2D eigenvalue weighted by molar-refractivity contribution is 7.88. The predicted molar refractivity (Wildman–Crippen MR) is 86.4 cm³/mol. The van der Waals surface area contributed by atoms with Gasteiger partial charge in [0.2, 0.25) is 10.0 Å². The zero-order chi connectivity index (χ0) is 15.8. The van der Waals surface area contributed by atoms with E-state index in [1.54, 1.807) is 11.3 Å². The normalized spacial score (nSPS) is 25.3. The molecule has 0 bridgehead atoms. The standard InChI is InChI=1S/C14H23N3O3S2/c1-11-13(21-10-15-11)6-17-8-14(9-17)4-3-12(7-20-14)5-16-22(2,18)19/h10,12,16H,3-9H2,1-2H3. The third-order valence-corrected chi connectivity index (χ3v) is 6.11. The molecule has 0 aliphatic carbocycles. The lowest BCUT2D eigenvalue weighted by molar-refractivity contribution is -0.180. The molecule has 3 heterocycles. The molecule has 0 saturated carbocycles. The van der Waals surface area contributed by atoms with Gasteiger partial charge >= 0.3 is 0 Å². The van der Waals surface area contributed by atoms with Gasteiger partial charge in [-0.2, -0.15) is 0 Å². The van der Waals surface area contributed by atoms with E-state index in [-0.39, 0.29) is 11.5 Å². The average Bonchev–Trinajstić information content (AvgIpc) is 2.81. The van der Waals surface area contributed by atoms with Gasteiger partial charge < -0.3 is 4.74 Å². The van der Waals surface area contributed by atoms with Crippen LogP contribution in [0.3, 0.4) is 0 Å². The maximum absolute atomic E-state index is 11.1. The van der Waals surface area contributed by atoms with Gasteiger partial charge in [0, 0.05) is 31.1 Å². The third-order valence-electron chi connectivity index (χ3n) is 4.50. The van der Waals surface area contributed by atoms with E-state index in [1.807, 2.05) is 5.51 Å². The highest BCUT2D eigenvalue weighted by atomic mass is 32.2. The second kappa shape index (κ2) is 6.16. The first-order chi connectivity index (χ1) is 10.4. The van der Waals surface area contributed by atoms with Gasteiger partial charge in [0.1, 0.15) is 0 Å². The topological polar surface area (TPSA) is 71.5 Å². The highest BCUT2D eigenvalue weighted by Crippen LogP contribution is 2.37. The first-order valence-electron chi connectivity index (χ1n) is 7.55. The van der Waals surface area contributed by atoms with E-state index in [0.717, 1.165) is 38.2 Å². The molecule has 6 nitrogen and oxygen atoms in total. The molecule has 2 fully saturated rings. The number of nitrogens with zero attached hydrogens (tertiary/aromatic N) is 2. The number of sulfonamides is 1. The first kappa shape index (κ1) is 16.3. The second-order valence-electron chi connectivity index (χ2n) is 6.53. The Kier molecular flexibility index (Phi) is 4.57. The Hall–Kier alpha value is -0.540. The van der Waals surface area contributed by atoms with Gasteiger partial charge in [-0.15, -0.1) is 11.3 Å². The van der Waals surface area contributed by atoms with E-state index in [4.69, 9.17) is 4.74 Å². The molecule has 1 aromatic heterocycles. The predicted octanol–water partition coefficient (Wildman–Crippen LogP) is 0.982. The summed E-state index contributed by atoms with van der Waals surface area (Å²) in [5.74, 6) is 0.290. The third kappa shape index (κ3) is 3.86. The Balaban J connectivity index is 1.42. The summed E-state index contributed by atoms with van der Waals surface area (Å²) >= 11 is 1.71. The molecule has 1 aromatic rings. The fourth-order valence-electron chi connectivity index (χ4n) is 3.16. The number of likely N-dealkylation sites (tertiary alicyclic amines) is 1. The van der Waals surface area contributed by atoms with Gasteiger partial charge in [-0.25, -0.2) is 18.1 Å². The number of nitrogens with one attached hydrogen (secondary N) is 1. The molecular weight excluding hydrogens is 322 g/mol. The van der Waals surface area contributed by atoms with Gasteiger partial charge in [0.05, 0.1) is 29.7 Å². The summed E-state index contributed by atoms with van der Waals surface area (Å²) in [5, 5.41) is 0. The van der Waals surface area contributed by atoms with Crippen LogP contribution in [-0.2, 0) is 21.3 Å². The molecule has 8 heteroatoms. The molecule has 2 saturated heterocycles. The van der Waals surface area contributed by atoms with Crippen LogP contribution in [0.2, 0.25) is 0 Å². The number of ether oxygens (including phenoxy) is 1. The summed E-state index contributed by atoms with van der Waals surface area (Å²) in [6.45, 7) is 6.08. The Bertz CT molecular complexity index is 613. The zero-order valence-corrected chi connectivity index (χ0v) is 14.7. The number of hydrogen-bond donors (Lipinski definition) is 1. The maximum Gasteiger partial charge on any atom is 0.208 e. The zero-order valence-electron chi connectivity index (χ0n) is 13.0. The van der Waals surface area contributed by atoms with Crippen molar-refractivity contribution in [3.05, 3.63) is 16.1 Å². The van der Waals surface area contributed by atoms with E-state index < -0.39 is 10.0 Å². The summed E-state index contributed by atoms with van der Waals surface area (Å²) in [7, 11) is -3.10.